The predicted molar refractivity (Wildman–Crippen MR) is 66.8 cm³/mol. The van der Waals surface area contributed by atoms with E-state index < -0.39 is 0 Å². The molecule has 1 atom stereocenters. The van der Waals surface area contributed by atoms with Crippen LogP contribution in [0.15, 0.2) is 35.4 Å². The standard InChI is InChI=1S/C13H11NO2S/c1-7-8(2)13(15)16-11(7)12-14-9-5-3-4-6-10(9)17-12/h3-6,11H,1-2H3. The summed E-state index contributed by atoms with van der Waals surface area (Å²) >= 11 is 1.58. The molecule has 2 aromatic rings. The van der Waals surface area contributed by atoms with Crippen LogP contribution in [0.25, 0.3) is 10.2 Å². The van der Waals surface area contributed by atoms with Crippen molar-refractivity contribution in [1.29, 1.82) is 0 Å². The van der Waals surface area contributed by atoms with E-state index in [1.165, 1.54) is 0 Å². The largest absolute Gasteiger partial charge is 0.447 e. The van der Waals surface area contributed by atoms with Gasteiger partial charge in [0, 0.05) is 5.57 Å². The van der Waals surface area contributed by atoms with E-state index in [1.54, 1.807) is 18.3 Å². The maximum atomic E-state index is 11.5. The first kappa shape index (κ1) is 10.5. The molecule has 0 radical (unpaired) electrons. The number of cyclic esters (lactones) is 1. The van der Waals surface area contributed by atoms with Gasteiger partial charge in [-0.1, -0.05) is 12.1 Å². The third-order valence-corrected chi connectivity index (χ3v) is 4.13. The van der Waals surface area contributed by atoms with E-state index in [0.29, 0.717) is 5.57 Å². The number of fused-ring (bicyclic) bond motifs is 1. The van der Waals surface area contributed by atoms with Crippen molar-refractivity contribution in [3.63, 3.8) is 0 Å². The lowest BCUT2D eigenvalue weighted by Crippen LogP contribution is -2.01. The van der Waals surface area contributed by atoms with Gasteiger partial charge >= 0.3 is 5.97 Å². The Labute approximate surface area is 103 Å². The fourth-order valence-electron chi connectivity index (χ4n) is 1.88. The van der Waals surface area contributed by atoms with Crippen LogP contribution < -0.4 is 0 Å². The van der Waals surface area contributed by atoms with Crippen molar-refractivity contribution in [2.75, 3.05) is 0 Å². The number of carbonyl (C=O) groups excluding carboxylic acids is 1. The van der Waals surface area contributed by atoms with Gasteiger partial charge in [0.05, 0.1) is 10.2 Å². The normalized spacial score (nSPS) is 20.1. The molecule has 1 aliphatic rings. The molecular weight excluding hydrogens is 234 g/mol. The average Bonchev–Trinajstić information content (AvgIpc) is 2.86. The number of thiazole rings is 1. The highest BCUT2D eigenvalue weighted by molar-refractivity contribution is 7.18. The van der Waals surface area contributed by atoms with Crippen LogP contribution in [0, 0.1) is 0 Å². The Balaban J connectivity index is 2.09. The summed E-state index contributed by atoms with van der Waals surface area (Å²) in [4.78, 5) is 16.0. The minimum Gasteiger partial charge on any atom is -0.447 e. The molecule has 0 bridgehead atoms. The third kappa shape index (κ3) is 1.56. The van der Waals surface area contributed by atoms with Crippen molar-refractivity contribution in [3.8, 4) is 0 Å². The molecule has 0 saturated carbocycles. The van der Waals surface area contributed by atoms with Crippen molar-refractivity contribution < 1.29 is 9.53 Å². The van der Waals surface area contributed by atoms with Crippen molar-refractivity contribution in [3.05, 3.63) is 40.4 Å². The lowest BCUT2D eigenvalue weighted by molar-refractivity contribution is -0.139. The van der Waals surface area contributed by atoms with Gasteiger partial charge in [-0.3, -0.25) is 0 Å². The number of benzene rings is 1. The van der Waals surface area contributed by atoms with Gasteiger partial charge in [0.2, 0.25) is 0 Å². The van der Waals surface area contributed by atoms with Gasteiger partial charge in [-0.2, -0.15) is 0 Å². The van der Waals surface area contributed by atoms with Gasteiger partial charge in [0.15, 0.2) is 6.10 Å². The molecule has 4 heteroatoms. The maximum Gasteiger partial charge on any atom is 0.334 e. The summed E-state index contributed by atoms with van der Waals surface area (Å²) in [6, 6.07) is 7.94. The van der Waals surface area contributed by atoms with Crippen LogP contribution in [-0.2, 0) is 9.53 Å². The molecule has 3 rings (SSSR count). The van der Waals surface area contributed by atoms with Crippen LogP contribution in [0.3, 0.4) is 0 Å². The molecule has 1 aromatic carbocycles. The lowest BCUT2D eigenvalue weighted by atomic mass is 10.1. The molecule has 0 saturated heterocycles. The van der Waals surface area contributed by atoms with Crippen LogP contribution >= 0.6 is 11.3 Å². The van der Waals surface area contributed by atoms with Gasteiger partial charge in [0.1, 0.15) is 5.01 Å². The first-order valence-electron chi connectivity index (χ1n) is 5.40. The summed E-state index contributed by atoms with van der Waals surface area (Å²) in [6.07, 6.45) is -0.292. The highest BCUT2D eigenvalue weighted by Gasteiger charge is 2.31. The fraction of sp³-hybridized carbons (Fsp3) is 0.231. The van der Waals surface area contributed by atoms with Gasteiger partial charge in [-0.25, -0.2) is 9.78 Å². The molecule has 0 N–H and O–H groups in total. The summed E-state index contributed by atoms with van der Waals surface area (Å²) < 4.78 is 6.46. The zero-order valence-electron chi connectivity index (χ0n) is 9.56. The monoisotopic (exact) mass is 245 g/mol. The summed E-state index contributed by atoms with van der Waals surface area (Å²) in [5.74, 6) is -0.230. The van der Waals surface area contributed by atoms with E-state index in [0.717, 1.165) is 20.8 Å². The number of nitrogens with zero attached hydrogens (tertiary/aromatic N) is 1. The van der Waals surface area contributed by atoms with Gasteiger partial charge < -0.3 is 4.74 Å². The Kier molecular flexibility index (Phi) is 2.26. The zero-order chi connectivity index (χ0) is 12.0. The van der Waals surface area contributed by atoms with Crippen molar-refractivity contribution in [1.82, 2.24) is 4.98 Å². The Bertz CT molecular complexity index is 609. The van der Waals surface area contributed by atoms with E-state index in [-0.39, 0.29) is 12.1 Å². The molecule has 2 heterocycles. The van der Waals surface area contributed by atoms with E-state index >= 15 is 0 Å². The number of hydrogen-bond donors (Lipinski definition) is 0. The number of carbonyl (C=O) groups is 1. The summed E-state index contributed by atoms with van der Waals surface area (Å²) in [6.45, 7) is 3.72. The Morgan fingerprint density at radius 2 is 2.06 bits per heavy atom. The first-order chi connectivity index (χ1) is 8.16. The van der Waals surface area contributed by atoms with Crippen molar-refractivity contribution >= 4 is 27.5 Å². The van der Waals surface area contributed by atoms with Crippen LogP contribution in [0.4, 0.5) is 0 Å². The minimum absolute atomic E-state index is 0.230. The number of ether oxygens (including phenoxy) is 1. The Morgan fingerprint density at radius 3 is 2.71 bits per heavy atom. The molecule has 0 fully saturated rings. The molecule has 0 amide bonds. The topological polar surface area (TPSA) is 39.2 Å². The summed E-state index contributed by atoms with van der Waals surface area (Å²) in [5, 5.41) is 0.855. The maximum absolute atomic E-state index is 11.5. The van der Waals surface area contributed by atoms with E-state index in [2.05, 4.69) is 4.98 Å². The SMILES string of the molecule is CC1=C(C)C(c2nc3ccccc3s2)OC1=O. The third-order valence-electron chi connectivity index (χ3n) is 3.05. The molecule has 1 aliphatic heterocycles. The predicted octanol–water partition coefficient (Wildman–Crippen LogP) is 3.23. The van der Waals surface area contributed by atoms with Crippen molar-refractivity contribution in [2.45, 2.75) is 20.0 Å². The second-order valence-corrected chi connectivity index (χ2v) is 5.18. The molecule has 17 heavy (non-hydrogen) atoms. The number of para-hydroxylation sites is 1. The smallest absolute Gasteiger partial charge is 0.334 e. The van der Waals surface area contributed by atoms with E-state index in [1.807, 2.05) is 31.2 Å². The van der Waals surface area contributed by atoms with Gasteiger partial charge in [-0.15, -0.1) is 11.3 Å². The zero-order valence-corrected chi connectivity index (χ0v) is 10.4. The van der Waals surface area contributed by atoms with Crippen LogP contribution in [0.1, 0.15) is 25.0 Å². The molecule has 3 nitrogen and oxygen atoms in total. The summed E-state index contributed by atoms with van der Waals surface area (Å²) in [5.41, 5.74) is 2.63. The molecule has 0 aliphatic carbocycles. The second-order valence-electron chi connectivity index (χ2n) is 4.11. The van der Waals surface area contributed by atoms with Gasteiger partial charge in [0.25, 0.3) is 0 Å². The fourth-order valence-corrected chi connectivity index (χ4v) is 2.95. The molecular formula is C13H11NO2S. The Hall–Kier alpha value is -1.68. The number of rotatable bonds is 1. The van der Waals surface area contributed by atoms with E-state index in [4.69, 9.17) is 4.74 Å². The molecule has 0 spiro atoms. The molecule has 1 aromatic heterocycles. The average molecular weight is 245 g/mol. The quantitative estimate of drug-likeness (QED) is 0.724. The van der Waals surface area contributed by atoms with E-state index in [9.17, 15) is 4.79 Å². The van der Waals surface area contributed by atoms with Gasteiger partial charge in [-0.05, 0) is 31.6 Å². The summed E-state index contributed by atoms with van der Waals surface area (Å²) in [7, 11) is 0. The second kappa shape index (κ2) is 3.67. The molecule has 1 unspecified atom stereocenters. The number of esters is 1. The molecule has 86 valence electrons. The minimum atomic E-state index is -0.292. The first-order valence-corrected chi connectivity index (χ1v) is 6.22. The number of hydrogen-bond acceptors (Lipinski definition) is 4. The lowest BCUT2D eigenvalue weighted by Gasteiger charge is -2.06. The highest BCUT2D eigenvalue weighted by atomic mass is 32.1. The number of aromatic nitrogens is 1. The van der Waals surface area contributed by atoms with Crippen LogP contribution in [0.5, 0.6) is 0 Å². The highest BCUT2D eigenvalue weighted by Crippen LogP contribution is 2.38. The Morgan fingerprint density at radius 1 is 1.29 bits per heavy atom. The van der Waals surface area contributed by atoms with Crippen LogP contribution in [-0.4, -0.2) is 11.0 Å². The van der Waals surface area contributed by atoms with Crippen LogP contribution in [0.2, 0.25) is 0 Å². The van der Waals surface area contributed by atoms with Crippen molar-refractivity contribution in [2.24, 2.45) is 0 Å².